The van der Waals surface area contributed by atoms with E-state index in [1.165, 1.54) is 54.5 Å². The topological polar surface area (TPSA) is 53.7 Å². The van der Waals surface area contributed by atoms with Gasteiger partial charge in [-0.05, 0) is 40.5 Å². The minimum absolute atomic E-state index is 0.0915. The Morgan fingerprint density at radius 1 is 1.29 bits per heavy atom. The van der Waals surface area contributed by atoms with Gasteiger partial charge in [-0.1, -0.05) is 43.7 Å². The van der Waals surface area contributed by atoms with Crippen molar-refractivity contribution in [2.24, 2.45) is 10.6 Å². The van der Waals surface area contributed by atoms with Gasteiger partial charge in [0.05, 0.1) is 6.04 Å². The fourth-order valence-corrected chi connectivity index (χ4v) is 2.76. The number of hydrogen-bond donors (Lipinski definition) is 2. The van der Waals surface area contributed by atoms with Gasteiger partial charge in [-0.15, -0.1) is 0 Å². The van der Waals surface area contributed by atoms with Crippen molar-refractivity contribution in [3.8, 4) is 0 Å². The van der Waals surface area contributed by atoms with Crippen molar-refractivity contribution < 1.29 is 5.73 Å². The van der Waals surface area contributed by atoms with Crippen molar-refractivity contribution in [3.63, 3.8) is 0 Å². The lowest BCUT2D eigenvalue weighted by Gasteiger charge is -2.30. The van der Waals surface area contributed by atoms with Crippen LogP contribution in [0.2, 0.25) is 0 Å². The number of unbranched alkanes of at least 4 members (excludes halogenated alkanes) is 3. The molecule has 0 heterocycles. The van der Waals surface area contributed by atoms with Gasteiger partial charge in [-0.2, -0.15) is 0 Å². The molecule has 0 aliphatic heterocycles. The van der Waals surface area contributed by atoms with Crippen LogP contribution < -0.4 is 10.9 Å². The molecule has 17 heavy (non-hydrogen) atoms. The van der Waals surface area contributed by atoms with Crippen LogP contribution in [0.1, 0.15) is 66.7 Å². The van der Waals surface area contributed by atoms with Gasteiger partial charge in [-0.3, -0.25) is 5.14 Å². The summed E-state index contributed by atoms with van der Waals surface area (Å²) < 4.78 is 0. The van der Waals surface area contributed by atoms with Crippen molar-refractivity contribution >= 4 is 11.9 Å². The van der Waals surface area contributed by atoms with Crippen molar-refractivity contribution in [1.29, 1.82) is 0 Å². The Labute approximate surface area is 112 Å². The van der Waals surface area contributed by atoms with E-state index in [0.29, 0.717) is 6.04 Å². The van der Waals surface area contributed by atoms with E-state index in [-0.39, 0.29) is 5.41 Å². The van der Waals surface area contributed by atoms with Crippen LogP contribution in [0.4, 0.5) is 0 Å². The van der Waals surface area contributed by atoms with Crippen molar-refractivity contribution in [3.05, 3.63) is 10.5 Å². The maximum absolute atomic E-state index is 5.86. The highest BCUT2D eigenvalue weighted by Crippen LogP contribution is 2.37. The van der Waals surface area contributed by atoms with Crippen molar-refractivity contribution in [2.75, 3.05) is 0 Å². The molecular formula is C14H31N2S+. The van der Waals surface area contributed by atoms with Gasteiger partial charge in [0, 0.05) is 10.3 Å². The van der Waals surface area contributed by atoms with Crippen LogP contribution in [0.3, 0.4) is 0 Å². The van der Waals surface area contributed by atoms with E-state index in [1.54, 1.807) is 0 Å². The lowest BCUT2D eigenvalue weighted by molar-refractivity contribution is -0.434. The SMILES string of the molecule is CCCCCCC(C)=C(SN)C(C)(C)C(C)[NH3+]. The second-order valence-electron chi connectivity index (χ2n) is 5.66. The summed E-state index contributed by atoms with van der Waals surface area (Å²) in [4.78, 5) is 1.33. The number of rotatable bonds is 8. The molecular weight excluding hydrogens is 228 g/mol. The molecule has 102 valence electrons. The molecule has 1 unspecified atom stereocenters. The second kappa shape index (κ2) is 8.17. The standard InChI is InChI=1S/C14H30N2S/c1-6-7-8-9-10-11(2)13(17-16)14(4,5)12(3)15/h12H,6-10,15-16H2,1-5H3/p+1. The summed E-state index contributed by atoms with van der Waals surface area (Å²) in [6.45, 7) is 11.1. The Hall–Kier alpha value is 0.01000. The minimum Gasteiger partial charge on any atom is -0.355 e. The highest BCUT2D eigenvalue weighted by atomic mass is 32.2. The normalized spacial score (nSPS) is 15.7. The van der Waals surface area contributed by atoms with Crippen LogP contribution in [-0.4, -0.2) is 6.04 Å². The van der Waals surface area contributed by atoms with E-state index in [9.17, 15) is 0 Å². The fraction of sp³-hybridized carbons (Fsp3) is 0.857. The summed E-state index contributed by atoms with van der Waals surface area (Å²) in [5, 5.41) is 5.86. The fourth-order valence-electron chi connectivity index (χ4n) is 1.96. The zero-order chi connectivity index (χ0) is 13.5. The molecule has 0 radical (unpaired) electrons. The lowest BCUT2D eigenvalue weighted by Crippen LogP contribution is -2.65. The van der Waals surface area contributed by atoms with Crippen LogP contribution in [-0.2, 0) is 0 Å². The smallest absolute Gasteiger partial charge is 0.0913 e. The average molecular weight is 259 g/mol. The molecule has 5 N–H and O–H groups in total. The van der Waals surface area contributed by atoms with Gasteiger partial charge in [0.2, 0.25) is 0 Å². The van der Waals surface area contributed by atoms with E-state index < -0.39 is 0 Å². The number of allylic oxidation sites excluding steroid dienone is 1. The Kier molecular flexibility index (Phi) is 8.18. The van der Waals surface area contributed by atoms with Crippen LogP contribution >= 0.6 is 11.9 Å². The van der Waals surface area contributed by atoms with E-state index in [0.717, 1.165) is 0 Å². The summed E-state index contributed by atoms with van der Waals surface area (Å²) in [6, 6.07) is 0.374. The molecule has 0 aromatic rings. The van der Waals surface area contributed by atoms with Crippen LogP contribution in [0.15, 0.2) is 10.5 Å². The highest BCUT2D eigenvalue weighted by molar-refractivity contribution is 8.01. The van der Waals surface area contributed by atoms with E-state index >= 15 is 0 Å². The molecule has 0 rings (SSSR count). The van der Waals surface area contributed by atoms with Gasteiger partial charge in [0.15, 0.2) is 0 Å². The summed E-state index contributed by atoms with van der Waals surface area (Å²) in [5.41, 5.74) is 5.71. The quantitative estimate of drug-likeness (QED) is 0.518. The number of quaternary nitrogens is 1. The zero-order valence-corrected chi connectivity index (χ0v) is 13.1. The van der Waals surface area contributed by atoms with Gasteiger partial charge in [-0.25, -0.2) is 0 Å². The Morgan fingerprint density at radius 2 is 1.88 bits per heavy atom. The van der Waals surface area contributed by atoms with Crippen LogP contribution in [0.5, 0.6) is 0 Å². The summed E-state index contributed by atoms with van der Waals surface area (Å²) >= 11 is 1.42. The van der Waals surface area contributed by atoms with Gasteiger partial charge < -0.3 is 5.73 Å². The predicted octanol–water partition coefficient (Wildman–Crippen LogP) is 3.49. The van der Waals surface area contributed by atoms with Crippen LogP contribution in [0, 0.1) is 5.41 Å². The third-order valence-corrected chi connectivity index (χ3v) is 4.84. The minimum atomic E-state index is 0.0915. The molecule has 0 aliphatic carbocycles. The molecule has 1 atom stereocenters. The lowest BCUT2D eigenvalue weighted by atomic mass is 9.83. The van der Waals surface area contributed by atoms with E-state index in [1.807, 2.05) is 0 Å². The molecule has 0 spiro atoms. The summed E-state index contributed by atoms with van der Waals surface area (Å²) in [7, 11) is 0. The first kappa shape index (κ1) is 17.0. The second-order valence-corrected chi connectivity index (χ2v) is 6.30. The Balaban J connectivity index is 4.59. The van der Waals surface area contributed by atoms with Gasteiger partial charge in [0.1, 0.15) is 0 Å². The van der Waals surface area contributed by atoms with Crippen LogP contribution in [0.25, 0.3) is 0 Å². The van der Waals surface area contributed by atoms with Gasteiger partial charge >= 0.3 is 0 Å². The monoisotopic (exact) mass is 259 g/mol. The molecule has 0 fully saturated rings. The molecule has 0 saturated carbocycles. The maximum atomic E-state index is 5.86. The molecule has 3 heteroatoms. The van der Waals surface area contributed by atoms with Crippen molar-refractivity contribution in [2.45, 2.75) is 72.8 Å². The summed E-state index contributed by atoms with van der Waals surface area (Å²) in [5.74, 6) is 0. The molecule has 0 aromatic heterocycles. The highest BCUT2D eigenvalue weighted by Gasteiger charge is 2.31. The largest absolute Gasteiger partial charge is 0.355 e. The maximum Gasteiger partial charge on any atom is 0.0913 e. The predicted molar refractivity (Wildman–Crippen MR) is 79.4 cm³/mol. The third-order valence-electron chi connectivity index (χ3n) is 3.73. The zero-order valence-electron chi connectivity index (χ0n) is 12.3. The Morgan fingerprint density at radius 3 is 2.29 bits per heavy atom. The van der Waals surface area contributed by atoms with E-state index in [2.05, 4.69) is 40.4 Å². The molecule has 0 aliphatic rings. The average Bonchev–Trinajstić information content (AvgIpc) is 2.24. The molecule has 0 amide bonds. The van der Waals surface area contributed by atoms with Gasteiger partial charge in [0.25, 0.3) is 0 Å². The molecule has 0 saturated heterocycles. The molecule has 2 nitrogen and oxygen atoms in total. The first-order valence-electron chi connectivity index (χ1n) is 6.77. The van der Waals surface area contributed by atoms with Crippen molar-refractivity contribution in [1.82, 2.24) is 0 Å². The third kappa shape index (κ3) is 5.45. The van der Waals surface area contributed by atoms with E-state index in [4.69, 9.17) is 5.14 Å². The number of nitrogens with two attached hydrogens (primary N) is 1. The first-order chi connectivity index (χ1) is 7.87. The summed E-state index contributed by atoms with van der Waals surface area (Å²) in [6.07, 6.45) is 6.42. The molecule has 0 aromatic carbocycles. The number of hydrogen-bond acceptors (Lipinski definition) is 2. The Bertz CT molecular complexity index is 245. The first-order valence-corrected chi connectivity index (χ1v) is 7.65. The molecule has 0 bridgehead atoms.